The van der Waals surface area contributed by atoms with Gasteiger partial charge in [0.1, 0.15) is 4.21 Å². The van der Waals surface area contributed by atoms with Crippen molar-refractivity contribution in [1.82, 2.24) is 9.62 Å². The first-order valence-electron chi connectivity index (χ1n) is 9.02. The number of anilines is 1. The lowest BCUT2D eigenvalue weighted by molar-refractivity contribution is 0.165. The molecule has 7 heteroatoms. The number of benzene rings is 1. The maximum absolute atomic E-state index is 12.5. The van der Waals surface area contributed by atoms with Crippen LogP contribution in [0.2, 0.25) is 0 Å². The number of nitrogens with zero attached hydrogens (tertiary/aromatic N) is 2. The van der Waals surface area contributed by atoms with Gasteiger partial charge in [0.15, 0.2) is 0 Å². The van der Waals surface area contributed by atoms with E-state index in [0.717, 1.165) is 24.3 Å². The lowest BCUT2D eigenvalue weighted by atomic mass is 10.0. The molecule has 1 saturated heterocycles. The Balaban J connectivity index is 1.79. The summed E-state index contributed by atoms with van der Waals surface area (Å²) in [4.78, 5) is 4.48. The average Bonchev–Trinajstić information content (AvgIpc) is 3.19. The molecule has 1 fully saturated rings. The van der Waals surface area contributed by atoms with Crippen LogP contribution in [0, 0.1) is 0 Å². The Morgan fingerprint density at radius 3 is 2.38 bits per heavy atom. The number of thiophene rings is 1. The van der Waals surface area contributed by atoms with E-state index in [9.17, 15) is 8.42 Å². The Morgan fingerprint density at radius 2 is 1.81 bits per heavy atom. The smallest absolute Gasteiger partial charge is 0.250 e. The van der Waals surface area contributed by atoms with E-state index in [1.807, 2.05) is 14.1 Å². The molecule has 26 heavy (non-hydrogen) atoms. The largest absolute Gasteiger partial charge is 0.378 e. The first-order chi connectivity index (χ1) is 12.5. The SMILES string of the molecule is CN(C)c1ccc(C(CNS(=O)(=O)c2cccs2)N2CCCCC2)cc1. The maximum Gasteiger partial charge on any atom is 0.250 e. The third-order valence-corrected chi connectivity index (χ3v) is 7.67. The quantitative estimate of drug-likeness (QED) is 0.784. The predicted octanol–water partition coefficient (Wildman–Crippen LogP) is 3.32. The molecule has 0 bridgehead atoms. The lowest BCUT2D eigenvalue weighted by Gasteiger charge is -2.35. The standard InChI is InChI=1S/C19H27N3O2S2/c1-21(2)17-10-8-16(9-11-17)18(22-12-4-3-5-13-22)15-20-26(23,24)19-7-6-14-25-19/h6-11,14,18,20H,3-5,12-13,15H2,1-2H3. The Bertz CT molecular complexity index is 781. The number of sulfonamides is 1. The van der Waals surface area contributed by atoms with Gasteiger partial charge in [-0.1, -0.05) is 24.6 Å². The highest BCUT2D eigenvalue weighted by atomic mass is 32.2. The summed E-state index contributed by atoms with van der Waals surface area (Å²) in [5.41, 5.74) is 2.30. The van der Waals surface area contributed by atoms with Crippen LogP contribution in [0.5, 0.6) is 0 Å². The molecule has 142 valence electrons. The second-order valence-electron chi connectivity index (χ2n) is 6.88. The summed E-state index contributed by atoms with van der Waals surface area (Å²) in [6.07, 6.45) is 3.59. The van der Waals surface area contributed by atoms with E-state index >= 15 is 0 Å². The highest BCUT2D eigenvalue weighted by Gasteiger charge is 2.25. The Morgan fingerprint density at radius 1 is 1.12 bits per heavy atom. The zero-order valence-electron chi connectivity index (χ0n) is 15.4. The van der Waals surface area contributed by atoms with E-state index in [4.69, 9.17) is 0 Å². The van der Waals surface area contributed by atoms with Crippen molar-refractivity contribution >= 4 is 27.0 Å². The van der Waals surface area contributed by atoms with Crippen LogP contribution in [0.15, 0.2) is 46.0 Å². The fourth-order valence-electron chi connectivity index (χ4n) is 3.36. The zero-order chi connectivity index (χ0) is 18.6. The Hall–Kier alpha value is -1.41. The summed E-state index contributed by atoms with van der Waals surface area (Å²) in [7, 11) is 0.594. The van der Waals surface area contributed by atoms with Gasteiger partial charge in [-0.25, -0.2) is 13.1 Å². The van der Waals surface area contributed by atoms with Crippen molar-refractivity contribution in [3.8, 4) is 0 Å². The van der Waals surface area contributed by atoms with Gasteiger partial charge in [-0.2, -0.15) is 0 Å². The van der Waals surface area contributed by atoms with Crippen LogP contribution in [-0.2, 0) is 10.0 Å². The molecule has 1 aliphatic rings. The number of piperidine rings is 1. The molecular weight excluding hydrogens is 366 g/mol. The van der Waals surface area contributed by atoms with Crippen LogP contribution >= 0.6 is 11.3 Å². The molecule has 2 aromatic rings. The molecule has 5 nitrogen and oxygen atoms in total. The van der Waals surface area contributed by atoms with Gasteiger partial charge in [-0.15, -0.1) is 11.3 Å². The van der Waals surface area contributed by atoms with Gasteiger partial charge < -0.3 is 4.90 Å². The van der Waals surface area contributed by atoms with E-state index in [0.29, 0.717) is 10.8 Å². The summed E-state index contributed by atoms with van der Waals surface area (Å²) < 4.78 is 28.3. The molecule has 1 atom stereocenters. The third-order valence-electron chi connectivity index (χ3n) is 4.85. The van der Waals surface area contributed by atoms with Crippen molar-refractivity contribution in [3.63, 3.8) is 0 Å². The number of likely N-dealkylation sites (tertiary alicyclic amines) is 1. The van der Waals surface area contributed by atoms with Crippen molar-refractivity contribution < 1.29 is 8.42 Å². The minimum atomic E-state index is -3.45. The summed E-state index contributed by atoms with van der Waals surface area (Å²) >= 11 is 1.25. The molecule has 1 aromatic carbocycles. The molecule has 0 radical (unpaired) electrons. The molecule has 1 N–H and O–H groups in total. The molecule has 0 saturated carbocycles. The van der Waals surface area contributed by atoms with Crippen LogP contribution in [0.4, 0.5) is 5.69 Å². The zero-order valence-corrected chi connectivity index (χ0v) is 17.0. The number of nitrogens with one attached hydrogen (secondary N) is 1. The Kier molecular flexibility index (Phi) is 6.34. The molecule has 1 aliphatic heterocycles. The fraction of sp³-hybridized carbons (Fsp3) is 0.474. The second kappa shape index (κ2) is 8.52. The molecule has 2 heterocycles. The molecule has 0 aliphatic carbocycles. The molecule has 1 aromatic heterocycles. The van der Waals surface area contributed by atoms with Gasteiger partial charge in [-0.3, -0.25) is 4.90 Å². The highest BCUT2D eigenvalue weighted by Crippen LogP contribution is 2.26. The van der Waals surface area contributed by atoms with Crippen molar-refractivity contribution in [3.05, 3.63) is 47.3 Å². The van der Waals surface area contributed by atoms with Gasteiger partial charge >= 0.3 is 0 Å². The lowest BCUT2D eigenvalue weighted by Crippen LogP contribution is -2.40. The topological polar surface area (TPSA) is 52.7 Å². The van der Waals surface area contributed by atoms with Crippen molar-refractivity contribution in [1.29, 1.82) is 0 Å². The van der Waals surface area contributed by atoms with Crippen LogP contribution in [-0.4, -0.2) is 47.0 Å². The van der Waals surface area contributed by atoms with Crippen LogP contribution in [0.1, 0.15) is 30.9 Å². The first kappa shape index (κ1) is 19.4. The normalized spacial score (nSPS) is 17.2. The number of rotatable bonds is 7. The molecule has 0 amide bonds. The molecule has 3 rings (SSSR count). The summed E-state index contributed by atoms with van der Waals surface area (Å²) in [5.74, 6) is 0. The van der Waals surface area contributed by atoms with Crippen LogP contribution < -0.4 is 9.62 Å². The monoisotopic (exact) mass is 393 g/mol. The van der Waals surface area contributed by atoms with Crippen molar-refractivity contribution in [2.75, 3.05) is 38.6 Å². The molecular formula is C19H27N3O2S2. The molecule has 1 unspecified atom stereocenters. The second-order valence-corrected chi connectivity index (χ2v) is 9.82. The third kappa shape index (κ3) is 4.65. The highest BCUT2D eigenvalue weighted by molar-refractivity contribution is 7.91. The maximum atomic E-state index is 12.5. The first-order valence-corrected chi connectivity index (χ1v) is 11.4. The Labute approximate surface area is 160 Å². The van der Waals surface area contributed by atoms with E-state index in [1.54, 1.807) is 17.5 Å². The summed E-state index contributed by atoms with van der Waals surface area (Å²) in [6, 6.07) is 11.9. The van der Waals surface area contributed by atoms with Gasteiger partial charge in [0.05, 0.1) is 0 Å². The van der Waals surface area contributed by atoms with E-state index < -0.39 is 10.0 Å². The van der Waals surface area contributed by atoms with Crippen molar-refractivity contribution in [2.24, 2.45) is 0 Å². The predicted molar refractivity (Wildman–Crippen MR) is 108 cm³/mol. The van der Waals surface area contributed by atoms with Crippen LogP contribution in [0.25, 0.3) is 0 Å². The minimum Gasteiger partial charge on any atom is -0.378 e. The van der Waals surface area contributed by atoms with Gasteiger partial charge in [0, 0.05) is 32.4 Å². The minimum absolute atomic E-state index is 0.0567. The van der Waals surface area contributed by atoms with E-state index in [-0.39, 0.29) is 6.04 Å². The van der Waals surface area contributed by atoms with Gasteiger partial charge in [0.2, 0.25) is 10.0 Å². The summed E-state index contributed by atoms with van der Waals surface area (Å²) in [5, 5.41) is 1.79. The van der Waals surface area contributed by atoms with Crippen LogP contribution in [0.3, 0.4) is 0 Å². The van der Waals surface area contributed by atoms with Crippen molar-refractivity contribution in [2.45, 2.75) is 29.5 Å². The van der Waals surface area contributed by atoms with Gasteiger partial charge in [0.25, 0.3) is 0 Å². The average molecular weight is 394 g/mol. The number of hydrogen-bond acceptors (Lipinski definition) is 5. The van der Waals surface area contributed by atoms with Gasteiger partial charge in [-0.05, 0) is 55.1 Å². The fourth-order valence-corrected chi connectivity index (χ4v) is 5.43. The van der Waals surface area contributed by atoms with E-state index in [1.165, 1.54) is 30.6 Å². The molecule has 0 spiro atoms. The van der Waals surface area contributed by atoms with E-state index in [2.05, 4.69) is 38.8 Å². The summed E-state index contributed by atoms with van der Waals surface area (Å²) in [6.45, 7) is 2.42. The number of hydrogen-bond donors (Lipinski definition) is 1.